The van der Waals surface area contributed by atoms with Gasteiger partial charge in [-0.1, -0.05) is 89.9 Å². The molecular weight excluding hydrogens is 637 g/mol. The van der Waals surface area contributed by atoms with E-state index in [0.717, 1.165) is 44.3 Å². The van der Waals surface area contributed by atoms with Crippen LogP contribution >= 0.6 is 0 Å². The third kappa shape index (κ3) is 16.0. The van der Waals surface area contributed by atoms with Crippen LogP contribution in [0.1, 0.15) is 196 Å². The molecule has 0 saturated heterocycles. The van der Waals surface area contributed by atoms with Crippen molar-refractivity contribution in [2.24, 2.45) is 15.9 Å². The molecule has 7 nitrogen and oxygen atoms in total. The van der Waals surface area contributed by atoms with Gasteiger partial charge in [-0.25, -0.2) is 4.99 Å². The summed E-state index contributed by atoms with van der Waals surface area (Å²) in [4.78, 5) is 13.8. The van der Waals surface area contributed by atoms with Gasteiger partial charge in [0.1, 0.15) is 0 Å². The number of hydrogen-bond acceptors (Lipinski definition) is 5. The van der Waals surface area contributed by atoms with E-state index in [4.69, 9.17) is 23.3 Å². The standard InChI is InChI=1S/C42H80N4O3Si/c1-34(2)47-50(48-35(3)4,49-36(5)6)32-20-31-46(42(44-39-25-15-9-16-26-39)45-40-27-17-10-18-28-40)30-19-29-41(33-37-21-11-7-12-22-37)43-38-23-13-8-14-24-38/h34-40H,7-33H2,1-6H3,(H,44,45). The Morgan fingerprint density at radius 3 is 1.58 bits per heavy atom. The van der Waals surface area contributed by atoms with E-state index >= 15 is 0 Å². The Morgan fingerprint density at radius 1 is 0.600 bits per heavy atom. The second-order valence-corrected chi connectivity index (χ2v) is 19.9. The summed E-state index contributed by atoms with van der Waals surface area (Å²) in [5, 5.41) is 4.08. The summed E-state index contributed by atoms with van der Waals surface area (Å²) < 4.78 is 19.8. The van der Waals surface area contributed by atoms with Crippen LogP contribution < -0.4 is 5.32 Å². The minimum Gasteiger partial charge on any atom is -0.371 e. The minimum absolute atomic E-state index is 0.0673. The quantitative estimate of drug-likeness (QED) is 0.0819. The number of nitrogens with one attached hydrogen (secondary N) is 1. The van der Waals surface area contributed by atoms with E-state index in [0.29, 0.717) is 18.1 Å². The van der Waals surface area contributed by atoms with Gasteiger partial charge in [-0.3, -0.25) is 4.99 Å². The van der Waals surface area contributed by atoms with Crippen LogP contribution in [0, 0.1) is 5.92 Å². The van der Waals surface area contributed by atoms with Gasteiger partial charge in [0, 0.05) is 55.2 Å². The van der Waals surface area contributed by atoms with E-state index in [9.17, 15) is 0 Å². The van der Waals surface area contributed by atoms with Crippen LogP contribution in [0.4, 0.5) is 0 Å². The van der Waals surface area contributed by atoms with Crippen molar-refractivity contribution < 1.29 is 13.3 Å². The third-order valence-electron chi connectivity index (χ3n) is 11.4. The molecule has 0 aliphatic heterocycles. The van der Waals surface area contributed by atoms with Crippen LogP contribution in [-0.4, -0.2) is 74.9 Å². The summed E-state index contributed by atoms with van der Waals surface area (Å²) in [6.45, 7) is 14.7. The smallest absolute Gasteiger partial charge is 0.371 e. The van der Waals surface area contributed by atoms with Crippen LogP contribution in [0.3, 0.4) is 0 Å². The maximum absolute atomic E-state index is 6.62. The highest BCUT2D eigenvalue weighted by Crippen LogP contribution is 2.30. The molecule has 0 bridgehead atoms. The molecule has 0 aromatic rings. The van der Waals surface area contributed by atoms with Gasteiger partial charge in [-0.2, -0.15) is 0 Å². The molecule has 4 saturated carbocycles. The molecular formula is C42H80N4O3Si. The maximum atomic E-state index is 6.62. The molecule has 0 atom stereocenters. The fourth-order valence-corrected chi connectivity index (χ4v) is 12.3. The van der Waals surface area contributed by atoms with E-state index in [1.165, 1.54) is 147 Å². The molecule has 290 valence electrons. The number of aliphatic imine (C=N–C) groups is 2. The molecule has 0 aromatic heterocycles. The maximum Gasteiger partial charge on any atom is 0.501 e. The van der Waals surface area contributed by atoms with E-state index in [1.54, 1.807) is 0 Å². The summed E-state index contributed by atoms with van der Waals surface area (Å²) in [5.74, 6) is 2.02. The largest absolute Gasteiger partial charge is 0.501 e. The second-order valence-electron chi connectivity index (χ2n) is 17.3. The van der Waals surface area contributed by atoms with Gasteiger partial charge in [-0.05, 0) is 112 Å². The van der Waals surface area contributed by atoms with Gasteiger partial charge in [0.15, 0.2) is 5.96 Å². The van der Waals surface area contributed by atoms with Crippen molar-refractivity contribution >= 4 is 20.5 Å². The number of guanidine groups is 1. The Bertz CT molecular complexity index is 938. The molecule has 4 fully saturated rings. The molecule has 0 radical (unpaired) electrons. The summed E-state index contributed by atoms with van der Waals surface area (Å²) in [6, 6.07) is 2.37. The Balaban J connectivity index is 1.54. The van der Waals surface area contributed by atoms with Crippen molar-refractivity contribution in [2.75, 3.05) is 13.1 Å². The normalized spacial score (nSPS) is 21.9. The fourth-order valence-electron chi connectivity index (χ4n) is 9.06. The second kappa shape index (κ2) is 23.0. The Morgan fingerprint density at radius 2 is 1.06 bits per heavy atom. The Labute approximate surface area is 310 Å². The molecule has 1 N–H and O–H groups in total. The summed E-state index contributed by atoms with van der Waals surface area (Å²) >= 11 is 0. The molecule has 0 spiro atoms. The lowest BCUT2D eigenvalue weighted by Gasteiger charge is -2.36. The van der Waals surface area contributed by atoms with Crippen LogP contribution in [-0.2, 0) is 13.3 Å². The van der Waals surface area contributed by atoms with Crippen LogP contribution in [0.25, 0.3) is 0 Å². The molecule has 0 aromatic carbocycles. The Hall–Kier alpha value is -0.963. The molecule has 0 heterocycles. The average molecular weight is 717 g/mol. The highest BCUT2D eigenvalue weighted by Gasteiger charge is 2.44. The molecule has 0 unspecified atom stereocenters. The van der Waals surface area contributed by atoms with Gasteiger partial charge in [0.2, 0.25) is 0 Å². The highest BCUT2D eigenvalue weighted by atomic mass is 28.4. The molecule has 4 rings (SSSR count). The van der Waals surface area contributed by atoms with E-state index in [-0.39, 0.29) is 18.3 Å². The summed E-state index contributed by atoms with van der Waals surface area (Å²) in [7, 11) is -2.88. The number of hydrogen-bond donors (Lipinski definition) is 1. The van der Waals surface area contributed by atoms with E-state index < -0.39 is 8.80 Å². The first-order chi connectivity index (χ1) is 24.2. The van der Waals surface area contributed by atoms with Crippen molar-refractivity contribution in [3.8, 4) is 0 Å². The average Bonchev–Trinajstić information content (AvgIpc) is 3.08. The van der Waals surface area contributed by atoms with Crippen molar-refractivity contribution in [2.45, 2.75) is 238 Å². The van der Waals surface area contributed by atoms with Gasteiger partial charge in [0.25, 0.3) is 0 Å². The lowest BCUT2D eigenvalue weighted by Crippen LogP contribution is -2.52. The zero-order valence-electron chi connectivity index (χ0n) is 33.7. The number of nitrogens with zero attached hydrogens (tertiary/aromatic N) is 3. The summed E-state index contributed by atoms with van der Waals surface area (Å²) in [5.41, 5.74) is 1.53. The van der Waals surface area contributed by atoms with Crippen LogP contribution in [0.5, 0.6) is 0 Å². The molecule has 4 aliphatic rings. The van der Waals surface area contributed by atoms with Crippen molar-refractivity contribution in [3.05, 3.63) is 0 Å². The molecule has 4 aliphatic carbocycles. The van der Waals surface area contributed by atoms with E-state index in [1.807, 2.05) is 0 Å². The first kappa shape index (κ1) is 41.8. The van der Waals surface area contributed by atoms with Crippen molar-refractivity contribution in [1.29, 1.82) is 0 Å². The third-order valence-corrected chi connectivity index (χ3v) is 14.8. The van der Waals surface area contributed by atoms with Gasteiger partial charge in [-0.15, -0.1) is 0 Å². The minimum atomic E-state index is -2.88. The lowest BCUT2D eigenvalue weighted by atomic mass is 9.84. The zero-order chi connectivity index (χ0) is 35.6. The first-order valence-electron chi connectivity index (χ1n) is 21.9. The fraction of sp³-hybridized carbons (Fsp3) is 0.952. The van der Waals surface area contributed by atoms with Crippen molar-refractivity contribution in [3.63, 3.8) is 0 Å². The predicted octanol–water partition coefficient (Wildman–Crippen LogP) is 11.0. The number of rotatable bonds is 19. The first-order valence-corrected chi connectivity index (χ1v) is 23.8. The summed E-state index contributed by atoms with van der Waals surface area (Å²) in [6.07, 6.45) is 31.4. The van der Waals surface area contributed by atoms with Crippen molar-refractivity contribution in [1.82, 2.24) is 10.2 Å². The van der Waals surface area contributed by atoms with Gasteiger partial charge >= 0.3 is 8.80 Å². The predicted molar refractivity (Wildman–Crippen MR) is 214 cm³/mol. The molecule has 8 heteroatoms. The van der Waals surface area contributed by atoms with Gasteiger partial charge in [0.05, 0.1) is 6.04 Å². The molecule has 50 heavy (non-hydrogen) atoms. The lowest BCUT2D eigenvalue weighted by molar-refractivity contribution is 0.00264. The van der Waals surface area contributed by atoms with Crippen LogP contribution in [0.2, 0.25) is 6.04 Å². The zero-order valence-corrected chi connectivity index (χ0v) is 34.7. The van der Waals surface area contributed by atoms with Crippen LogP contribution in [0.15, 0.2) is 9.98 Å². The molecule has 0 amide bonds. The Kier molecular flexibility index (Phi) is 19.2. The topological polar surface area (TPSA) is 67.7 Å². The monoisotopic (exact) mass is 717 g/mol. The van der Waals surface area contributed by atoms with Gasteiger partial charge < -0.3 is 23.5 Å². The SMILES string of the molecule is CC(C)O[Si](CCCN(CCCC(CC1CCCCC1)=NC1CCCCC1)C(=NC1CCCCC1)NC1CCCCC1)(OC(C)C)OC(C)C. The van der Waals surface area contributed by atoms with E-state index in [2.05, 4.69) is 51.8 Å². The highest BCUT2D eigenvalue weighted by molar-refractivity contribution is 6.60.